The summed E-state index contributed by atoms with van der Waals surface area (Å²) in [6.45, 7) is 1.82. The standard InChI is InChI=1S/C16H18N4O2/c1-11(13-9-6-10-22-13)19-14(15(17)18-2)16(21)20-12-7-4-3-5-8-12/h3-11H,1-2H3,(H2,17,18)(H,20,21). The van der Waals surface area contributed by atoms with Gasteiger partial charge < -0.3 is 15.5 Å². The van der Waals surface area contributed by atoms with E-state index >= 15 is 0 Å². The molecule has 0 aliphatic heterocycles. The number of aliphatic imine (C=N–C) groups is 2. The van der Waals surface area contributed by atoms with Crippen LogP contribution in [0.5, 0.6) is 0 Å². The van der Waals surface area contributed by atoms with Crippen LogP contribution in [-0.2, 0) is 4.79 Å². The lowest BCUT2D eigenvalue weighted by atomic mass is 10.2. The molecular weight excluding hydrogens is 280 g/mol. The van der Waals surface area contributed by atoms with E-state index in [1.165, 1.54) is 7.05 Å². The number of amidine groups is 1. The molecule has 1 aromatic heterocycles. The fraction of sp³-hybridized carbons (Fsp3) is 0.188. The first-order chi connectivity index (χ1) is 10.6. The summed E-state index contributed by atoms with van der Waals surface area (Å²) in [5.41, 5.74) is 6.54. The van der Waals surface area contributed by atoms with E-state index in [0.29, 0.717) is 11.4 Å². The highest BCUT2D eigenvalue weighted by Gasteiger charge is 2.18. The maximum atomic E-state index is 12.4. The molecule has 6 nitrogen and oxygen atoms in total. The second-order valence-corrected chi connectivity index (χ2v) is 4.60. The number of carbonyl (C=O) groups excluding carboxylic acids is 1. The van der Waals surface area contributed by atoms with Gasteiger partial charge in [-0.3, -0.25) is 14.8 Å². The minimum absolute atomic E-state index is 0.0758. The van der Waals surface area contributed by atoms with Gasteiger partial charge in [-0.15, -0.1) is 0 Å². The zero-order chi connectivity index (χ0) is 15.9. The predicted molar refractivity (Wildman–Crippen MR) is 87.2 cm³/mol. The van der Waals surface area contributed by atoms with E-state index in [0.717, 1.165) is 0 Å². The zero-order valence-corrected chi connectivity index (χ0v) is 12.5. The summed E-state index contributed by atoms with van der Waals surface area (Å²) in [6, 6.07) is 12.3. The van der Waals surface area contributed by atoms with Crippen LogP contribution in [0.1, 0.15) is 18.7 Å². The average molecular weight is 298 g/mol. The van der Waals surface area contributed by atoms with Gasteiger partial charge in [0.2, 0.25) is 0 Å². The number of furan rings is 1. The normalized spacial score (nSPS) is 13.7. The number of rotatable bonds is 5. The molecule has 0 fully saturated rings. The number of hydrogen-bond acceptors (Lipinski definition) is 4. The van der Waals surface area contributed by atoms with Crippen molar-refractivity contribution >= 4 is 23.1 Å². The van der Waals surface area contributed by atoms with Crippen LogP contribution in [0.3, 0.4) is 0 Å². The zero-order valence-electron chi connectivity index (χ0n) is 12.5. The lowest BCUT2D eigenvalue weighted by Crippen LogP contribution is -2.35. The van der Waals surface area contributed by atoms with Crippen LogP contribution >= 0.6 is 0 Å². The molecule has 0 saturated carbocycles. The van der Waals surface area contributed by atoms with Gasteiger partial charge in [0.25, 0.3) is 5.91 Å². The Labute approximate surface area is 128 Å². The minimum Gasteiger partial charge on any atom is -0.467 e. The third-order valence-corrected chi connectivity index (χ3v) is 3.01. The molecule has 0 aliphatic rings. The van der Waals surface area contributed by atoms with Crippen molar-refractivity contribution in [3.63, 3.8) is 0 Å². The first-order valence-electron chi connectivity index (χ1n) is 6.82. The summed E-state index contributed by atoms with van der Waals surface area (Å²) in [5.74, 6) is 0.313. The summed E-state index contributed by atoms with van der Waals surface area (Å²) in [4.78, 5) is 20.6. The Kier molecular flexibility index (Phi) is 5.08. The van der Waals surface area contributed by atoms with Crippen LogP contribution in [0, 0.1) is 0 Å². The Hall–Kier alpha value is -2.89. The number of hydrogen-bond donors (Lipinski definition) is 2. The SMILES string of the molecule is CN=C(N)C(=NC(C)c1ccco1)C(=O)Nc1ccccc1. The average Bonchev–Trinajstić information content (AvgIpc) is 3.07. The Morgan fingerprint density at radius 1 is 1.23 bits per heavy atom. The van der Waals surface area contributed by atoms with Crippen LogP contribution in [-0.4, -0.2) is 24.5 Å². The van der Waals surface area contributed by atoms with E-state index in [2.05, 4.69) is 15.3 Å². The van der Waals surface area contributed by atoms with E-state index in [-0.39, 0.29) is 17.6 Å². The molecule has 6 heteroatoms. The van der Waals surface area contributed by atoms with Crippen molar-refractivity contribution in [1.82, 2.24) is 0 Å². The molecule has 1 amide bonds. The highest BCUT2D eigenvalue weighted by molar-refractivity contribution is 6.68. The molecule has 0 radical (unpaired) electrons. The molecule has 1 unspecified atom stereocenters. The second-order valence-electron chi connectivity index (χ2n) is 4.60. The van der Waals surface area contributed by atoms with E-state index in [9.17, 15) is 4.79 Å². The number of nitrogens with one attached hydrogen (secondary N) is 1. The van der Waals surface area contributed by atoms with Crippen LogP contribution in [0.2, 0.25) is 0 Å². The number of carbonyl (C=O) groups is 1. The third-order valence-electron chi connectivity index (χ3n) is 3.01. The van der Waals surface area contributed by atoms with Crippen molar-refractivity contribution in [3.05, 3.63) is 54.5 Å². The van der Waals surface area contributed by atoms with E-state index in [4.69, 9.17) is 10.2 Å². The van der Waals surface area contributed by atoms with Crippen LogP contribution in [0.25, 0.3) is 0 Å². The molecule has 2 aromatic rings. The Balaban J connectivity index is 2.24. The molecule has 0 saturated heterocycles. The number of amides is 1. The maximum Gasteiger partial charge on any atom is 0.277 e. The smallest absolute Gasteiger partial charge is 0.277 e. The van der Waals surface area contributed by atoms with Crippen molar-refractivity contribution in [1.29, 1.82) is 0 Å². The van der Waals surface area contributed by atoms with Gasteiger partial charge in [0, 0.05) is 12.7 Å². The quantitative estimate of drug-likeness (QED) is 0.655. The van der Waals surface area contributed by atoms with Crippen molar-refractivity contribution in [2.24, 2.45) is 15.7 Å². The van der Waals surface area contributed by atoms with Gasteiger partial charge in [-0.2, -0.15) is 0 Å². The second kappa shape index (κ2) is 7.21. The minimum atomic E-state index is -0.410. The van der Waals surface area contributed by atoms with Crippen LogP contribution in [0.4, 0.5) is 5.69 Å². The van der Waals surface area contributed by atoms with E-state index < -0.39 is 5.91 Å². The molecule has 0 spiro atoms. The molecule has 0 bridgehead atoms. The fourth-order valence-electron chi connectivity index (χ4n) is 1.85. The molecule has 1 aromatic carbocycles. The lowest BCUT2D eigenvalue weighted by Gasteiger charge is -2.10. The van der Waals surface area contributed by atoms with Crippen LogP contribution < -0.4 is 11.1 Å². The largest absolute Gasteiger partial charge is 0.467 e. The van der Waals surface area contributed by atoms with Crippen molar-refractivity contribution in [3.8, 4) is 0 Å². The summed E-state index contributed by atoms with van der Waals surface area (Å²) in [7, 11) is 1.51. The molecule has 1 atom stereocenters. The van der Waals surface area contributed by atoms with Gasteiger partial charge in [0.1, 0.15) is 17.6 Å². The van der Waals surface area contributed by atoms with Gasteiger partial charge in [-0.25, -0.2) is 0 Å². The molecule has 114 valence electrons. The van der Waals surface area contributed by atoms with Gasteiger partial charge in [0.05, 0.1) is 6.26 Å². The molecule has 22 heavy (non-hydrogen) atoms. The number of para-hydroxylation sites is 1. The van der Waals surface area contributed by atoms with Crippen molar-refractivity contribution in [2.45, 2.75) is 13.0 Å². The number of nitrogens with zero attached hydrogens (tertiary/aromatic N) is 2. The summed E-state index contributed by atoms with van der Waals surface area (Å²) in [6.07, 6.45) is 1.56. The number of nitrogens with two attached hydrogens (primary N) is 1. The molecule has 0 aliphatic carbocycles. The monoisotopic (exact) mass is 298 g/mol. The van der Waals surface area contributed by atoms with Crippen LogP contribution in [0.15, 0.2) is 63.1 Å². The summed E-state index contributed by atoms with van der Waals surface area (Å²) >= 11 is 0. The highest BCUT2D eigenvalue weighted by atomic mass is 16.3. The summed E-state index contributed by atoms with van der Waals surface area (Å²) in [5, 5.41) is 2.75. The van der Waals surface area contributed by atoms with E-state index in [1.54, 1.807) is 30.5 Å². The molecule has 1 heterocycles. The van der Waals surface area contributed by atoms with Gasteiger partial charge in [-0.1, -0.05) is 18.2 Å². The predicted octanol–water partition coefficient (Wildman–Crippen LogP) is 2.41. The number of anilines is 1. The molecule has 3 N–H and O–H groups in total. The third kappa shape index (κ3) is 3.82. The van der Waals surface area contributed by atoms with E-state index in [1.807, 2.05) is 25.1 Å². The Morgan fingerprint density at radius 3 is 2.55 bits per heavy atom. The molecule has 2 rings (SSSR count). The maximum absolute atomic E-state index is 12.4. The fourth-order valence-corrected chi connectivity index (χ4v) is 1.85. The van der Waals surface area contributed by atoms with Gasteiger partial charge in [0.15, 0.2) is 5.71 Å². The number of benzene rings is 1. The van der Waals surface area contributed by atoms with Crippen molar-refractivity contribution in [2.75, 3.05) is 12.4 Å². The van der Waals surface area contributed by atoms with Gasteiger partial charge >= 0.3 is 0 Å². The first-order valence-corrected chi connectivity index (χ1v) is 6.82. The summed E-state index contributed by atoms with van der Waals surface area (Å²) < 4.78 is 5.29. The highest BCUT2D eigenvalue weighted by Crippen LogP contribution is 2.17. The Morgan fingerprint density at radius 2 is 1.95 bits per heavy atom. The topological polar surface area (TPSA) is 93.0 Å². The first kappa shape index (κ1) is 15.5. The van der Waals surface area contributed by atoms with Crippen molar-refractivity contribution < 1.29 is 9.21 Å². The lowest BCUT2D eigenvalue weighted by molar-refractivity contribution is -0.110. The van der Waals surface area contributed by atoms with Gasteiger partial charge in [-0.05, 0) is 31.2 Å². The Bertz CT molecular complexity index is 675. The molecular formula is C16H18N4O2.